The molecule has 0 saturated heterocycles. The minimum Gasteiger partial charge on any atom is -0.377 e. The molecule has 88 valence electrons. The molecular formula is C14H17N3. The van der Waals surface area contributed by atoms with Gasteiger partial charge >= 0.3 is 0 Å². The molecule has 1 aromatic heterocycles. The van der Waals surface area contributed by atoms with E-state index in [1.807, 2.05) is 0 Å². The van der Waals surface area contributed by atoms with Gasteiger partial charge in [-0.05, 0) is 44.0 Å². The fraction of sp³-hybridized carbons (Fsp3) is 0.286. The van der Waals surface area contributed by atoms with E-state index in [9.17, 15) is 0 Å². The summed E-state index contributed by atoms with van der Waals surface area (Å²) < 4.78 is 0. The number of aryl methyl sites for hydroxylation is 2. The summed E-state index contributed by atoms with van der Waals surface area (Å²) in [5, 5.41) is 3.44. The molecule has 0 amide bonds. The van der Waals surface area contributed by atoms with Crippen molar-refractivity contribution in [2.75, 3.05) is 5.32 Å². The Kier molecular flexibility index (Phi) is 3.38. The molecule has 2 aromatic rings. The van der Waals surface area contributed by atoms with Gasteiger partial charge in [-0.15, -0.1) is 0 Å². The lowest BCUT2D eigenvalue weighted by atomic mass is 10.1. The van der Waals surface area contributed by atoms with E-state index in [2.05, 4.69) is 54.3 Å². The lowest BCUT2D eigenvalue weighted by Gasteiger charge is -2.15. The maximum absolute atomic E-state index is 4.29. The van der Waals surface area contributed by atoms with Crippen LogP contribution in [0, 0.1) is 13.8 Å². The number of hydrogen-bond donors (Lipinski definition) is 1. The third kappa shape index (κ3) is 3.03. The molecule has 1 aromatic carbocycles. The number of benzene rings is 1. The summed E-state index contributed by atoms with van der Waals surface area (Å²) in [4.78, 5) is 8.37. The van der Waals surface area contributed by atoms with Crippen LogP contribution in [0.1, 0.15) is 29.8 Å². The Morgan fingerprint density at radius 3 is 2.35 bits per heavy atom. The molecule has 0 aliphatic heterocycles. The highest BCUT2D eigenvalue weighted by molar-refractivity contribution is 5.49. The fourth-order valence-corrected chi connectivity index (χ4v) is 1.92. The van der Waals surface area contributed by atoms with Crippen LogP contribution >= 0.6 is 0 Å². The van der Waals surface area contributed by atoms with E-state index in [1.165, 1.54) is 11.1 Å². The lowest BCUT2D eigenvalue weighted by Crippen LogP contribution is -2.08. The van der Waals surface area contributed by atoms with Crippen molar-refractivity contribution in [3.8, 4) is 0 Å². The number of rotatable bonds is 3. The summed E-state index contributed by atoms with van der Waals surface area (Å²) in [5.74, 6) is 0. The summed E-state index contributed by atoms with van der Waals surface area (Å²) in [6.45, 7) is 6.29. The summed E-state index contributed by atoms with van der Waals surface area (Å²) >= 11 is 0. The molecule has 0 bridgehead atoms. The van der Waals surface area contributed by atoms with E-state index in [1.54, 1.807) is 18.6 Å². The lowest BCUT2D eigenvalue weighted by molar-refractivity contribution is 0.827. The van der Waals surface area contributed by atoms with Gasteiger partial charge in [-0.2, -0.15) is 0 Å². The van der Waals surface area contributed by atoms with Crippen LogP contribution in [-0.4, -0.2) is 9.97 Å². The van der Waals surface area contributed by atoms with Crippen molar-refractivity contribution < 1.29 is 0 Å². The molecule has 0 aliphatic rings. The highest BCUT2D eigenvalue weighted by Crippen LogP contribution is 2.19. The largest absolute Gasteiger partial charge is 0.377 e. The Morgan fingerprint density at radius 1 is 1.06 bits per heavy atom. The Balaban J connectivity index is 2.16. The van der Waals surface area contributed by atoms with Crippen LogP contribution in [0.25, 0.3) is 0 Å². The van der Waals surface area contributed by atoms with Gasteiger partial charge in [0.05, 0.1) is 17.9 Å². The van der Waals surface area contributed by atoms with Crippen molar-refractivity contribution in [2.45, 2.75) is 26.8 Å². The fourth-order valence-electron chi connectivity index (χ4n) is 1.92. The minimum absolute atomic E-state index is 0.157. The second-order valence-electron chi connectivity index (χ2n) is 4.37. The molecular weight excluding hydrogens is 210 g/mol. The molecule has 1 N–H and O–H groups in total. The minimum atomic E-state index is 0.157. The molecule has 17 heavy (non-hydrogen) atoms. The van der Waals surface area contributed by atoms with Gasteiger partial charge in [0.15, 0.2) is 0 Å². The van der Waals surface area contributed by atoms with Crippen LogP contribution in [0.15, 0.2) is 36.8 Å². The van der Waals surface area contributed by atoms with Gasteiger partial charge in [-0.25, -0.2) is 0 Å². The van der Waals surface area contributed by atoms with Crippen LogP contribution < -0.4 is 5.32 Å². The van der Waals surface area contributed by atoms with Gasteiger partial charge in [0, 0.05) is 18.1 Å². The van der Waals surface area contributed by atoms with Crippen LogP contribution in [0.2, 0.25) is 0 Å². The average molecular weight is 227 g/mol. The van der Waals surface area contributed by atoms with Crippen LogP contribution in [-0.2, 0) is 0 Å². The first-order valence-electron chi connectivity index (χ1n) is 5.76. The maximum atomic E-state index is 4.29. The van der Waals surface area contributed by atoms with Crippen molar-refractivity contribution in [2.24, 2.45) is 0 Å². The van der Waals surface area contributed by atoms with Crippen molar-refractivity contribution in [1.29, 1.82) is 0 Å². The van der Waals surface area contributed by atoms with E-state index in [0.29, 0.717) is 0 Å². The Hall–Kier alpha value is -1.90. The Morgan fingerprint density at radius 2 is 1.76 bits per heavy atom. The summed E-state index contributed by atoms with van der Waals surface area (Å²) in [7, 11) is 0. The van der Waals surface area contributed by atoms with Crippen LogP contribution in [0.4, 0.5) is 5.69 Å². The number of aromatic nitrogens is 2. The number of nitrogens with one attached hydrogen (secondary N) is 1. The zero-order valence-corrected chi connectivity index (χ0v) is 10.4. The van der Waals surface area contributed by atoms with Crippen LogP contribution in [0.3, 0.4) is 0 Å². The smallest absolute Gasteiger partial charge is 0.0806 e. The molecule has 0 saturated carbocycles. The van der Waals surface area contributed by atoms with Crippen molar-refractivity contribution in [3.63, 3.8) is 0 Å². The normalized spacial score (nSPS) is 12.2. The third-order valence-corrected chi connectivity index (χ3v) is 2.63. The first kappa shape index (κ1) is 11.6. The quantitative estimate of drug-likeness (QED) is 0.874. The highest BCUT2D eigenvalue weighted by Gasteiger charge is 2.06. The van der Waals surface area contributed by atoms with E-state index in [-0.39, 0.29) is 6.04 Å². The average Bonchev–Trinajstić information content (AvgIpc) is 2.28. The highest BCUT2D eigenvalue weighted by atomic mass is 14.9. The predicted molar refractivity (Wildman–Crippen MR) is 70.0 cm³/mol. The van der Waals surface area contributed by atoms with E-state index < -0.39 is 0 Å². The number of anilines is 1. The van der Waals surface area contributed by atoms with Gasteiger partial charge in [0.1, 0.15) is 0 Å². The van der Waals surface area contributed by atoms with Crippen molar-refractivity contribution in [1.82, 2.24) is 9.97 Å². The van der Waals surface area contributed by atoms with E-state index >= 15 is 0 Å². The number of hydrogen-bond acceptors (Lipinski definition) is 3. The van der Waals surface area contributed by atoms with Gasteiger partial charge < -0.3 is 5.32 Å². The first-order chi connectivity index (χ1) is 8.15. The molecule has 1 unspecified atom stereocenters. The summed E-state index contributed by atoms with van der Waals surface area (Å²) in [6, 6.07) is 6.60. The van der Waals surface area contributed by atoms with E-state index in [0.717, 1.165) is 11.4 Å². The third-order valence-electron chi connectivity index (χ3n) is 2.63. The Bertz CT molecular complexity index is 474. The SMILES string of the molecule is Cc1cc(C)cc(NC(C)c2cnccn2)c1. The molecule has 3 nitrogen and oxygen atoms in total. The zero-order chi connectivity index (χ0) is 12.3. The summed E-state index contributed by atoms with van der Waals surface area (Å²) in [6.07, 6.45) is 5.20. The Labute approximate surface area is 102 Å². The van der Waals surface area contributed by atoms with Gasteiger partial charge in [0.2, 0.25) is 0 Å². The van der Waals surface area contributed by atoms with Gasteiger partial charge in [0.25, 0.3) is 0 Å². The molecule has 2 rings (SSSR count). The molecule has 0 aliphatic carbocycles. The molecule has 0 fully saturated rings. The van der Waals surface area contributed by atoms with Gasteiger partial charge in [-0.1, -0.05) is 6.07 Å². The standard InChI is InChI=1S/C14H17N3/c1-10-6-11(2)8-13(7-10)17-12(3)14-9-15-4-5-16-14/h4-9,12,17H,1-3H3. The summed E-state index contributed by atoms with van der Waals surface area (Å²) in [5.41, 5.74) is 4.60. The van der Waals surface area contributed by atoms with E-state index in [4.69, 9.17) is 0 Å². The molecule has 0 spiro atoms. The molecule has 0 radical (unpaired) electrons. The second kappa shape index (κ2) is 4.95. The monoisotopic (exact) mass is 227 g/mol. The van der Waals surface area contributed by atoms with Crippen molar-refractivity contribution in [3.05, 3.63) is 53.6 Å². The predicted octanol–water partition coefficient (Wildman–Crippen LogP) is 3.27. The molecule has 1 heterocycles. The number of nitrogens with zero attached hydrogens (tertiary/aromatic N) is 2. The van der Waals surface area contributed by atoms with Crippen LogP contribution in [0.5, 0.6) is 0 Å². The molecule has 1 atom stereocenters. The molecule has 3 heteroatoms. The topological polar surface area (TPSA) is 37.8 Å². The first-order valence-corrected chi connectivity index (χ1v) is 5.76. The second-order valence-corrected chi connectivity index (χ2v) is 4.37. The maximum Gasteiger partial charge on any atom is 0.0806 e. The van der Waals surface area contributed by atoms with Gasteiger partial charge in [-0.3, -0.25) is 9.97 Å². The van der Waals surface area contributed by atoms with Crippen molar-refractivity contribution >= 4 is 5.69 Å². The zero-order valence-electron chi connectivity index (χ0n) is 10.4.